The maximum Gasteiger partial charge on any atom is 0.216 e. The number of anilines is 1. The van der Waals surface area contributed by atoms with Gasteiger partial charge >= 0.3 is 0 Å². The fourth-order valence-electron chi connectivity index (χ4n) is 4.90. The van der Waals surface area contributed by atoms with Crippen LogP contribution >= 0.6 is 0 Å². The number of aromatic nitrogens is 1. The third kappa shape index (κ3) is 1.90. The van der Waals surface area contributed by atoms with Gasteiger partial charge in [0.1, 0.15) is 6.10 Å². The number of hydrogen-bond donors (Lipinski definition) is 1. The van der Waals surface area contributed by atoms with E-state index >= 15 is 0 Å². The first-order valence-electron chi connectivity index (χ1n) is 7.58. The molecule has 0 aromatic carbocycles. The molecule has 0 saturated heterocycles. The van der Waals surface area contributed by atoms with Gasteiger partial charge in [0, 0.05) is 5.56 Å². The summed E-state index contributed by atoms with van der Waals surface area (Å²) in [6.45, 7) is 2.04. The first kappa shape index (κ1) is 11.6. The summed E-state index contributed by atoms with van der Waals surface area (Å²) in [4.78, 5) is 4.38. The van der Waals surface area contributed by atoms with Crippen molar-refractivity contribution in [2.24, 2.45) is 23.7 Å². The van der Waals surface area contributed by atoms with Crippen molar-refractivity contribution in [3.8, 4) is 5.88 Å². The zero-order chi connectivity index (χ0) is 13.0. The number of hydrogen-bond acceptors (Lipinski definition) is 3. The Labute approximate surface area is 114 Å². The molecule has 4 saturated carbocycles. The Morgan fingerprint density at radius 1 is 1.11 bits per heavy atom. The van der Waals surface area contributed by atoms with Gasteiger partial charge in [0.15, 0.2) is 0 Å². The second-order valence-corrected chi connectivity index (χ2v) is 6.90. The van der Waals surface area contributed by atoms with Crippen molar-refractivity contribution < 1.29 is 4.74 Å². The van der Waals surface area contributed by atoms with Crippen LogP contribution < -0.4 is 10.5 Å². The molecule has 1 aromatic rings. The van der Waals surface area contributed by atoms with Crippen molar-refractivity contribution in [2.45, 2.75) is 45.1 Å². The minimum atomic E-state index is 0.405. The van der Waals surface area contributed by atoms with Gasteiger partial charge in [-0.2, -0.15) is 0 Å². The quantitative estimate of drug-likeness (QED) is 0.886. The van der Waals surface area contributed by atoms with Gasteiger partial charge in [-0.05, 0) is 68.8 Å². The summed E-state index contributed by atoms with van der Waals surface area (Å²) in [7, 11) is 0. The Hall–Kier alpha value is -1.25. The van der Waals surface area contributed by atoms with Crippen LogP contribution in [0.3, 0.4) is 0 Å². The molecule has 1 aromatic heterocycles. The first-order valence-corrected chi connectivity index (χ1v) is 7.58. The van der Waals surface area contributed by atoms with Gasteiger partial charge in [-0.1, -0.05) is 0 Å². The summed E-state index contributed by atoms with van der Waals surface area (Å²) in [5.74, 6) is 4.32. The first-order chi connectivity index (χ1) is 9.19. The van der Waals surface area contributed by atoms with Crippen LogP contribution in [0.4, 0.5) is 5.69 Å². The van der Waals surface area contributed by atoms with Crippen LogP contribution in [0.5, 0.6) is 5.88 Å². The summed E-state index contributed by atoms with van der Waals surface area (Å²) in [5, 5.41) is 0. The zero-order valence-electron chi connectivity index (χ0n) is 11.5. The smallest absolute Gasteiger partial charge is 0.216 e. The minimum absolute atomic E-state index is 0.405. The van der Waals surface area contributed by atoms with Crippen molar-refractivity contribution in [3.05, 3.63) is 17.8 Å². The second kappa shape index (κ2) is 4.12. The molecule has 4 bridgehead atoms. The Morgan fingerprint density at radius 2 is 1.74 bits per heavy atom. The second-order valence-electron chi connectivity index (χ2n) is 6.90. The molecule has 5 rings (SSSR count). The lowest BCUT2D eigenvalue weighted by molar-refractivity contribution is -0.0807. The van der Waals surface area contributed by atoms with E-state index in [1.807, 2.05) is 13.0 Å². The Bertz CT molecular complexity index is 472. The molecule has 4 aliphatic rings. The van der Waals surface area contributed by atoms with E-state index in [-0.39, 0.29) is 0 Å². The van der Waals surface area contributed by atoms with Crippen LogP contribution in [-0.2, 0) is 0 Å². The summed E-state index contributed by atoms with van der Waals surface area (Å²) >= 11 is 0. The van der Waals surface area contributed by atoms with Crippen molar-refractivity contribution in [2.75, 3.05) is 5.73 Å². The fourth-order valence-corrected chi connectivity index (χ4v) is 4.90. The minimum Gasteiger partial charge on any atom is -0.474 e. The summed E-state index contributed by atoms with van der Waals surface area (Å²) in [6, 6.07) is 1.96. The van der Waals surface area contributed by atoms with E-state index in [0.29, 0.717) is 6.10 Å². The molecule has 4 aliphatic carbocycles. The molecule has 2 N–H and O–H groups in total. The normalized spacial score (nSPS) is 39.5. The van der Waals surface area contributed by atoms with Gasteiger partial charge in [0.2, 0.25) is 5.88 Å². The highest BCUT2D eigenvalue weighted by Crippen LogP contribution is 2.54. The summed E-state index contributed by atoms with van der Waals surface area (Å²) in [6.07, 6.45) is 9.12. The van der Waals surface area contributed by atoms with Gasteiger partial charge in [0.05, 0.1) is 11.9 Å². The SMILES string of the molecule is Cc1cc(N)cnc1OC1C2CC3CC(C2)CC1C3. The van der Waals surface area contributed by atoms with E-state index in [9.17, 15) is 0 Å². The number of nitrogen functional groups attached to an aromatic ring is 1. The van der Waals surface area contributed by atoms with Crippen LogP contribution in [0.25, 0.3) is 0 Å². The largest absolute Gasteiger partial charge is 0.474 e. The summed E-state index contributed by atoms with van der Waals surface area (Å²) in [5.41, 5.74) is 7.54. The average molecular weight is 258 g/mol. The highest BCUT2D eigenvalue weighted by Gasteiger charge is 2.49. The highest BCUT2D eigenvalue weighted by molar-refractivity contribution is 5.41. The van der Waals surface area contributed by atoms with Crippen LogP contribution in [0.15, 0.2) is 12.3 Å². The Kier molecular flexibility index (Phi) is 2.51. The standard InChI is InChI=1S/C16H22N2O/c1-9-2-14(17)8-18-16(9)19-15-12-4-10-3-11(6-12)7-13(15)5-10/h2,8,10-13,15H,3-7,17H2,1H3. The number of pyridine rings is 1. The van der Waals surface area contributed by atoms with Crippen molar-refractivity contribution in [1.82, 2.24) is 4.98 Å². The van der Waals surface area contributed by atoms with Crippen molar-refractivity contribution in [3.63, 3.8) is 0 Å². The van der Waals surface area contributed by atoms with Crippen molar-refractivity contribution in [1.29, 1.82) is 0 Å². The molecule has 0 radical (unpaired) electrons. The maximum atomic E-state index is 6.31. The molecule has 0 aliphatic heterocycles. The molecule has 0 unspecified atom stereocenters. The third-order valence-corrected chi connectivity index (χ3v) is 5.44. The molecule has 19 heavy (non-hydrogen) atoms. The molecular formula is C16H22N2O. The average Bonchev–Trinajstić information content (AvgIpc) is 2.35. The molecule has 0 atom stereocenters. The van der Waals surface area contributed by atoms with E-state index in [2.05, 4.69) is 4.98 Å². The number of aryl methyl sites for hydroxylation is 1. The number of nitrogens with two attached hydrogens (primary N) is 1. The third-order valence-electron chi connectivity index (χ3n) is 5.44. The topological polar surface area (TPSA) is 48.1 Å². The van der Waals surface area contributed by atoms with Crippen molar-refractivity contribution >= 4 is 5.69 Å². The Balaban J connectivity index is 1.56. The molecule has 102 valence electrons. The fraction of sp³-hybridized carbons (Fsp3) is 0.688. The Morgan fingerprint density at radius 3 is 2.32 bits per heavy atom. The van der Waals surface area contributed by atoms with E-state index in [4.69, 9.17) is 10.5 Å². The number of nitrogens with zero attached hydrogens (tertiary/aromatic N) is 1. The highest BCUT2D eigenvalue weighted by atomic mass is 16.5. The molecule has 4 fully saturated rings. The molecule has 3 heteroatoms. The van der Waals surface area contributed by atoms with Gasteiger partial charge in [-0.3, -0.25) is 0 Å². The summed E-state index contributed by atoms with van der Waals surface area (Å²) < 4.78 is 6.31. The molecule has 3 nitrogen and oxygen atoms in total. The van der Waals surface area contributed by atoms with E-state index in [1.54, 1.807) is 6.20 Å². The van der Waals surface area contributed by atoms with Gasteiger partial charge in [-0.25, -0.2) is 4.98 Å². The van der Waals surface area contributed by atoms with E-state index < -0.39 is 0 Å². The van der Waals surface area contributed by atoms with Crippen LogP contribution in [0, 0.1) is 30.6 Å². The predicted octanol–water partition coefficient (Wildman–Crippen LogP) is 3.18. The van der Waals surface area contributed by atoms with E-state index in [1.165, 1.54) is 32.1 Å². The lowest BCUT2D eigenvalue weighted by Crippen LogP contribution is -2.50. The van der Waals surface area contributed by atoms with Crippen LogP contribution in [0.1, 0.15) is 37.7 Å². The molecule has 0 amide bonds. The molecule has 1 heterocycles. The lowest BCUT2D eigenvalue weighted by atomic mass is 9.55. The lowest BCUT2D eigenvalue weighted by Gasteiger charge is -2.53. The van der Waals surface area contributed by atoms with Gasteiger partial charge in [-0.15, -0.1) is 0 Å². The molecule has 0 spiro atoms. The van der Waals surface area contributed by atoms with Gasteiger partial charge < -0.3 is 10.5 Å². The van der Waals surface area contributed by atoms with E-state index in [0.717, 1.165) is 40.8 Å². The number of ether oxygens (including phenoxy) is 1. The monoisotopic (exact) mass is 258 g/mol. The predicted molar refractivity (Wildman–Crippen MR) is 74.8 cm³/mol. The number of rotatable bonds is 2. The van der Waals surface area contributed by atoms with Gasteiger partial charge in [0.25, 0.3) is 0 Å². The molecular weight excluding hydrogens is 236 g/mol. The van der Waals surface area contributed by atoms with Crippen LogP contribution in [-0.4, -0.2) is 11.1 Å². The maximum absolute atomic E-state index is 6.31. The van der Waals surface area contributed by atoms with Crippen LogP contribution in [0.2, 0.25) is 0 Å². The zero-order valence-corrected chi connectivity index (χ0v) is 11.5.